The molecule has 0 aromatic heterocycles. The molecule has 1 saturated carbocycles. The molecule has 1 aliphatic rings. The highest BCUT2D eigenvalue weighted by molar-refractivity contribution is 7.87. The Balaban J connectivity index is 2.47. The topological polar surface area (TPSA) is 43.4 Å². The Morgan fingerprint density at radius 2 is 1.69 bits per heavy atom. The molecule has 0 spiro atoms. The Hall–Kier alpha value is -0.720. The molecule has 0 radical (unpaired) electrons. The van der Waals surface area contributed by atoms with Gasteiger partial charge in [-0.3, -0.25) is 0 Å². The Morgan fingerprint density at radius 1 is 1.12 bits per heavy atom. The van der Waals surface area contributed by atoms with Gasteiger partial charge in [-0.2, -0.15) is 21.6 Å². The molecule has 7 heteroatoms. The van der Waals surface area contributed by atoms with Gasteiger partial charge in [-0.25, -0.2) is 0 Å². The first kappa shape index (κ1) is 13.3. The third-order valence-corrected chi connectivity index (χ3v) is 3.40. The summed E-state index contributed by atoms with van der Waals surface area (Å²) in [6.07, 6.45) is 6.91. The van der Waals surface area contributed by atoms with E-state index in [1.165, 1.54) is 6.08 Å². The van der Waals surface area contributed by atoms with Crippen molar-refractivity contribution in [2.24, 2.45) is 5.92 Å². The number of hydrogen-bond donors (Lipinski definition) is 0. The minimum Gasteiger partial charge on any atom is -0.384 e. The fourth-order valence-electron chi connectivity index (χ4n) is 1.60. The summed E-state index contributed by atoms with van der Waals surface area (Å²) in [6, 6.07) is 0. The number of allylic oxidation sites excluding steroid dienone is 1. The third-order valence-electron chi connectivity index (χ3n) is 2.47. The van der Waals surface area contributed by atoms with Crippen molar-refractivity contribution in [3.63, 3.8) is 0 Å². The van der Waals surface area contributed by atoms with Gasteiger partial charge in [0, 0.05) is 0 Å². The fraction of sp³-hybridized carbons (Fsp3) is 0.778. The molecule has 0 N–H and O–H groups in total. The van der Waals surface area contributed by atoms with Crippen molar-refractivity contribution < 1.29 is 25.8 Å². The van der Waals surface area contributed by atoms with Gasteiger partial charge in [0.1, 0.15) is 6.26 Å². The van der Waals surface area contributed by atoms with Crippen molar-refractivity contribution >= 4 is 10.1 Å². The molecular formula is C9H13F3O3S. The van der Waals surface area contributed by atoms with Crippen LogP contribution in [0, 0.1) is 5.92 Å². The summed E-state index contributed by atoms with van der Waals surface area (Å²) in [7, 11) is -5.49. The zero-order valence-electron chi connectivity index (χ0n) is 8.53. The minimum absolute atomic E-state index is 0.122. The quantitative estimate of drug-likeness (QED) is 0.444. The Labute approximate surface area is 92.4 Å². The van der Waals surface area contributed by atoms with E-state index in [-0.39, 0.29) is 5.92 Å². The third kappa shape index (κ3) is 3.70. The molecule has 1 rings (SSSR count). The molecule has 94 valence electrons. The highest BCUT2D eigenvalue weighted by atomic mass is 32.2. The first-order chi connectivity index (χ1) is 7.33. The van der Waals surface area contributed by atoms with E-state index < -0.39 is 15.6 Å². The van der Waals surface area contributed by atoms with E-state index in [9.17, 15) is 21.6 Å². The van der Waals surface area contributed by atoms with Crippen molar-refractivity contribution in [3.8, 4) is 0 Å². The highest BCUT2D eigenvalue weighted by Crippen LogP contribution is 2.27. The standard InChI is InChI=1S/C9H13F3O3S/c10-9(11,12)16(13,14)15-7-6-8-4-2-1-3-5-8/h6-8H,1-5H2/b7-6+. The van der Waals surface area contributed by atoms with Gasteiger partial charge in [0.2, 0.25) is 0 Å². The second-order valence-electron chi connectivity index (χ2n) is 3.72. The lowest BCUT2D eigenvalue weighted by atomic mass is 9.89. The molecular weight excluding hydrogens is 245 g/mol. The summed E-state index contributed by atoms with van der Waals surface area (Å²) >= 11 is 0. The van der Waals surface area contributed by atoms with E-state index in [2.05, 4.69) is 4.18 Å². The van der Waals surface area contributed by atoms with Crippen LogP contribution in [0.15, 0.2) is 12.3 Å². The zero-order valence-corrected chi connectivity index (χ0v) is 9.35. The van der Waals surface area contributed by atoms with Crippen LogP contribution >= 0.6 is 0 Å². The number of rotatable bonds is 3. The molecule has 0 heterocycles. The van der Waals surface area contributed by atoms with Crippen molar-refractivity contribution in [2.45, 2.75) is 37.6 Å². The second kappa shape index (κ2) is 5.07. The molecule has 1 aliphatic carbocycles. The predicted molar refractivity (Wildman–Crippen MR) is 51.8 cm³/mol. The van der Waals surface area contributed by atoms with E-state index >= 15 is 0 Å². The lowest BCUT2D eigenvalue weighted by molar-refractivity contribution is -0.0515. The zero-order chi connectivity index (χ0) is 12.2. The van der Waals surface area contributed by atoms with Crippen LogP contribution in [-0.2, 0) is 14.3 Å². The van der Waals surface area contributed by atoms with Gasteiger partial charge in [-0.05, 0) is 24.8 Å². The van der Waals surface area contributed by atoms with Crippen LogP contribution in [0.2, 0.25) is 0 Å². The Morgan fingerprint density at radius 3 is 2.19 bits per heavy atom. The van der Waals surface area contributed by atoms with Gasteiger partial charge < -0.3 is 4.18 Å². The summed E-state index contributed by atoms with van der Waals surface area (Å²) in [5.74, 6) is 0.122. The van der Waals surface area contributed by atoms with Crippen LogP contribution in [0.1, 0.15) is 32.1 Å². The summed E-state index contributed by atoms with van der Waals surface area (Å²) in [6.45, 7) is 0. The van der Waals surface area contributed by atoms with Crippen LogP contribution in [0.5, 0.6) is 0 Å². The van der Waals surface area contributed by atoms with Gasteiger partial charge in [0.15, 0.2) is 0 Å². The monoisotopic (exact) mass is 258 g/mol. The average molecular weight is 258 g/mol. The number of halogens is 3. The molecule has 0 aromatic rings. The number of hydrogen-bond acceptors (Lipinski definition) is 3. The molecule has 0 atom stereocenters. The maximum atomic E-state index is 11.9. The smallest absolute Gasteiger partial charge is 0.384 e. The Kier molecular flexibility index (Phi) is 4.23. The molecule has 0 aliphatic heterocycles. The van der Waals surface area contributed by atoms with Crippen molar-refractivity contribution in [1.29, 1.82) is 0 Å². The lowest BCUT2D eigenvalue weighted by Crippen LogP contribution is -2.23. The minimum atomic E-state index is -5.49. The maximum Gasteiger partial charge on any atom is 0.534 e. The molecule has 0 amide bonds. The van der Waals surface area contributed by atoms with Gasteiger partial charge in [0.05, 0.1) is 0 Å². The molecule has 0 saturated heterocycles. The largest absolute Gasteiger partial charge is 0.534 e. The van der Waals surface area contributed by atoms with Gasteiger partial charge in [0.25, 0.3) is 0 Å². The fourth-order valence-corrected chi connectivity index (χ4v) is 1.92. The van der Waals surface area contributed by atoms with E-state index in [1.807, 2.05) is 0 Å². The van der Waals surface area contributed by atoms with Crippen LogP contribution in [0.25, 0.3) is 0 Å². The van der Waals surface area contributed by atoms with Crippen LogP contribution in [0.4, 0.5) is 13.2 Å². The van der Waals surface area contributed by atoms with E-state index in [1.54, 1.807) is 0 Å². The predicted octanol–water partition coefficient (Wildman–Crippen LogP) is 2.95. The number of alkyl halides is 3. The first-order valence-electron chi connectivity index (χ1n) is 4.99. The molecule has 3 nitrogen and oxygen atoms in total. The average Bonchev–Trinajstić information content (AvgIpc) is 2.17. The molecule has 0 bridgehead atoms. The molecule has 1 fully saturated rings. The summed E-state index contributed by atoms with van der Waals surface area (Å²) < 4.78 is 60.3. The lowest BCUT2D eigenvalue weighted by Gasteiger charge is -2.17. The molecule has 0 unspecified atom stereocenters. The van der Waals surface area contributed by atoms with E-state index in [0.29, 0.717) is 6.26 Å². The van der Waals surface area contributed by atoms with Crippen molar-refractivity contribution in [1.82, 2.24) is 0 Å². The van der Waals surface area contributed by atoms with Crippen LogP contribution in [-0.4, -0.2) is 13.9 Å². The Bertz CT molecular complexity index is 340. The molecule has 0 aromatic carbocycles. The summed E-state index contributed by atoms with van der Waals surface area (Å²) in [5, 5.41) is 0. The van der Waals surface area contributed by atoms with Gasteiger partial charge in [-0.1, -0.05) is 19.3 Å². The van der Waals surface area contributed by atoms with Gasteiger partial charge in [-0.15, -0.1) is 0 Å². The van der Waals surface area contributed by atoms with Crippen molar-refractivity contribution in [3.05, 3.63) is 12.3 Å². The summed E-state index contributed by atoms with van der Waals surface area (Å²) in [4.78, 5) is 0. The van der Waals surface area contributed by atoms with Gasteiger partial charge >= 0.3 is 15.6 Å². The van der Waals surface area contributed by atoms with Crippen LogP contribution < -0.4 is 0 Å². The highest BCUT2D eigenvalue weighted by Gasteiger charge is 2.47. The molecule has 16 heavy (non-hydrogen) atoms. The van der Waals surface area contributed by atoms with E-state index in [0.717, 1.165) is 32.1 Å². The normalized spacial score (nSPS) is 20.2. The maximum absolute atomic E-state index is 11.9. The van der Waals surface area contributed by atoms with E-state index in [4.69, 9.17) is 0 Å². The SMILES string of the molecule is O=S(=O)(O/C=C/C1CCCCC1)C(F)(F)F. The second-order valence-corrected chi connectivity index (χ2v) is 5.29. The van der Waals surface area contributed by atoms with Crippen molar-refractivity contribution in [2.75, 3.05) is 0 Å². The first-order valence-corrected chi connectivity index (χ1v) is 6.40. The van der Waals surface area contributed by atoms with Crippen LogP contribution in [0.3, 0.4) is 0 Å². The summed E-state index contributed by atoms with van der Waals surface area (Å²) in [5.41, 5.74) is -5.36.